The molecule has 2 unspecified atom stereocenters. The van der Waals surface area contributed by atoms with Gasteiger partial charge >= 0.3 is 0 Å². The largest absolute Gasteiger partial charge is 0.374 e. The van der Waals surface area contributed by atoms with E-state index >= 15 is 0 Å². The van der Waals surface area contributed by atoms with E-state index in [2.05, 4.69) is 44.6 Å². The molecule has 1 aliphatic rings. The number of hydrogen-bond donors (Lipinski definition) is 1. The first-order valence-electron chi connectivity index (χ1n) is 5.43. The summed E-state index contributed by atoms with van der Waals surface area (Å²) in [7, 11) is 4.14. The summed E-state index contributed by atoms with van der Waals surface area (Å²) in [5, 5.41) is 5.33. The molecular weight excluding hydrogens is 288 g/mol. The molecule has 0 aromatic carbocycles. The highest BCUT2D eigenvalue weighted by Gasteiger charge is 2.32. The molecule has 3 nitrogen and oxygen atoms in total. The van der Waals surface area contributed by atoms with Gasteiger partial charge in [-0.25, -0.2) is 0 Å². The lowest BCUT2D eigenvalue weighted by atomic mass is 10.1. The zero-order valence-electron chi connectivity index (χ0n) is 9.57. The van der Waals surface area contributed by atoms with Gasteiger partial charge in [0, 0.05) is 22.4 Å². The maximum atomic E-state index is 5.86. The Morgan fingerprint density at radius 3 is 3.12 bits per heavy atom. The molecule has 0 saturated carbocycles. The van der Waals surface area contributed by atoms with Gasteiger partial charge in [-0.3, -0.25) is 4.90 Å². The fourth-order valence-corrected chi connectivity index (χ4v) is 3.94. The maximum absolute atomic E-state index is 5.86. The summed E-state index contributed by atoms with van der Waals surface area (Å²) in [4.78, 5) is 3.74. The van der Waals surface area contributed by atoms with E-state index in [1.807, 2.05) is 7.05 Å². The average molecular weight is 305 g/mol. The first-order chi connectivity index (χ1) is 7.74. The first-order valence-corrected chi connectivity index (χ1v) is 7.10. The molecule has 0 aliphatic carbocycles. The monoisotopic (exact) mass is 304 g/mol. The van der Waals surface area contributed by atoms with Gasteiger partial charge < -0.3 is 10.1 Å². The number of morpholine rings is 1. The van der Waals surface area contributed by atoms with Crippen LogP contribution in [0.3, 0.4) is 0 Å². The molecule has 1 N–H and O–H groups in total. The Bertz CT molecular complexity index is 342. The molecule has 0 spiro atoms. The zero-order chi connectivity index (χ0) is 11.5. The van der Waals surface area contributed by atoms with Crippen molar-refractivity contribution in [2.24, 2.45) is 0 Å². The Morgan fingerprint density at radius 2 is 2.50 bits per heavy atom. The lowest BCUT2D eigenvalue weighted by Gasteiger charge is -2.38. The molecule has 1 aromatic rings. The quantitative estimate of drug-likeness (QED) is 0.925. The molecule has 16 heavy (non-hydrogen) atoms. The Hall–Kier alpha value is 0.0600. The van der Waals surface area contributed by atoms with Crippen molar-refractivity contribution in [2.45, 2.75) is 12.1 Å². The van der Waals surface area contributed by atoms with Crippen LogP contribution < -0.4 is 5.32 Å². The number of rotatable bonds is 3. The molecule has 1 aliphatic heterocycles. The summed E-state index contributed by atoms with van der Waals surface area (Å²) in [5.41, 5.74) is 0. The number of likely N-dealkylation sites (N-methyl/N-ethyl adjacent to an activating group) is 2. The van der Waals surface area contributed by atoms with Crippen LogP contribution in [-0.4, -0.2) is 44.8 Å². The third-order valence-corrected chi connectivity index (χ3v) is 4.86. The van der Waals surface area contributed by atoms with Crippen molar-refractivity contribution in [1.82, 2.24) is 10.2 Å². The van der Waals surface area contributed by atoms with Crippen LogP contribution in [0.2, 0.25) is 0 Å². The van der Waals surface area contributed by atoms with Crippen molar-refractivity contribution in [3.63, 3.8) is 0 Å². The maximum Gasteiger partial charge on any atom is 0.0904 e. The van der Waals surface area contributed by atoms with Crippen LogP contribution in [0.1, 0.15) is 10.9 Å². The predicted octanol–water partition coefficient (Wildman–Crippen LogP) is 2.10. The fraction of sp³-hybridized carbons (Fsp3) is 0.636. The third kappa shape index (κ3) is 2.49. The third-order valence-electron chi connectivity index (χ3n) is 2.92. The van der Waals surface area contributed by atoms with Crippen LogP contribution in [0.25, 0.3) is 0 Å². The lowest BCUT2D eigenvalue weighted by molar-refractivity contribution is -0.0596. The summed E-state index contributed by atoms with van der Waals surface area (Å²) in [6.07, 6.45) is 0.235. The lowest BCUT2D eigenvalue weighted by Crippen LogP contribution is -2.46. The molecule has 0 radical (unpaired) electrons. The van der Waals surface area contributed by atoms with E-state index < -0.39 is 0 Å². The molecule has 2 heterocycles. The van der Waals surface area contributed by atoms with Gasteiger partial charge in [-0.1, -0.05) is 0 Å². The molecule has 2 atom stereocenters. The Kier molecular flexibility index (Phi) is 4.38. The van der Waals surface area contributed by atoms with Gasteiger partial charge in [0.25, 0.3) is 0 Å². The van der Waals surface area contributed by atoms with Gasteiger partial charge in [-0.15, -0.1) is 11.3 Å². The summed E-state index contributed by atoms with van der Waals surface area (Å²) in [6, 6.07) is 2.47. The predicted molar refractivity (Wildman–Crippen MR) is 71.1 cm³/mol. The van der Waals surface area contributed by atoms with Crippen LogP contribution in [0.5, 0.6) is 0 Å². The minimum absolute atomic E-state index is 0.235. The standard InChI is InChI=1S/C11H17BrN2OS/c1-13-7-9-10(14(2)4-5-15-9)11-8(12)3-6-16-11/h3,6,9-10,13H,4-5,7H2,1-2H3. The number of halogens is 1. The summed E-state index contributed by atoms with van der Waals surface area (Å²) < 4.78 is 7.06. The van der Waals surface area contributed by atoms with Crippen molar-refractivity contribution in [1.29, 1.82) is 0 Å². The summed E-state index contributed by atoms with van der Waals surface area (Å²) in [6.45, 7) is 2.71. The van der Waals surface area contributed by atoms with E-state index in [9.17, 15) is 0 Å². The first kappa shape index (κ1) is 12.5. The van der Waals surface area contributed by atoms with E-state index in [0.717, 1.165) is 19.7 Å². The van der Waals surface area contributed by atoms with Gasteiger partial charge in [0.1, 0.15) is 0 Å². The van der Waals surface area contributed by atoms with E-state index in [1.165, 1.54) is 9.35 Å². The molecule has 0 bridgehead atoms. The highest BCUT2D eigenvalue weighted by molar-refractivity contribution is 9.10. The second-order valence-corrected chi connectivity index (χ2v) is 5.83. The average Bonchev–Trinajstić information content (AvgIpc) is 2.65. The number of thiophene rings is 1. The smallest absolute Gasteiger partial charge is 0.0904 e. The van der Waals surface area contributed by atoms with Gasteiger partial charge in [0.05, 0.1) is 18.8 Å². The number of nitrogens with one attached hydrogen (secondary N) is 1. The second kappa shape index (κ2) is 5.60. The Balaban J connectivity index is 2.22. The van der Waals surface area contributed by atoms with Crippen LogP contribution in [-0.2, 0) is 4.74 Å². The SMILES string of the molecule is CNCC1OCCN(C)C1c1sccc1Br. The van der Waals surface area contributed by atoms with E-state index in [1.54, 1.807) is 11.3 Å². The molecule has 1 fully saturated rings. The highest BCUT2D eigenvalue weighted by atomic mass is 79.9. The molecule has 2 rings (SSSR count). The minimum Gasteiger partial charge on any atom is -0.374 e. The van der Waals surface area contributed by atoms with Gasteiger partial charge in [-0.2, -0.15) is 0 Å². The molecule has 1 saturated heterocycles. The molecule has 0 amide bonds. The van der Waals surface area contributed by atoms with Crippen LogP contribution in [0.15, 0.2) is 15.9 Å². The summed E-state index contributed by atoms with van der Waals surface area (Å²) >= 11 is 5.41. The van der Waals surface area contributed by atoms with Gasteiger partial charge in [0.2, 0.25) is 0 Å². The van der Waals surface area contributed by atoms with Crippen molar-refractivity contribution < 1.29 is 4.74 Å². The van der Waals surface area contributed by atoms with E-state index in [0.29, 0.717) is 6.04 Å². The summed E-state index contributed by atoms with van der Waals surface area (Å²) in [5.74, 6) is 0. The highest BCUT2D eigenvalue weighted by Crippen LogP contribution is 2.36. The van der Waals surface area contributed by atoms with E-state index in [4.69, 9.17) is 4.74 Å². The second-order valence-electron chi connectivity index (χ2n) is 4.03. The molecule has 5 heteroatoms. The van der Waals surface area contributed by atoms with Crippen molar-refractivity contribution in [3.8, 4) is 0 Å². The van der Waals surface area contributed by atoms with E-state index in [-0.39, 0.29) is 6.10 Å². The zero-order valence-corrected chi connectivity index (χ0v) is 12.0. The number of hydrogen-bond acceptors (Lipinski definition) is 4. The Morgan fingerprint density at radius 1 is 1.69 bits per heavy atom. The normalized spacial score (nSPS) is 27.2. The molecule has 1 aromatic heterocycles. The van der Waals surface area contributed by atoms with Crippen molar-refractivity contribution in [3.05, 3.63) is 20.8 Å². The van der Waals surface area contributed by atoms with Crippen LogP contribution >= 0.6 is 27.3 Å². The minimum atomic E-state index is 0.235. The van der Waals surface area contributed by atoms with Crippen molar-refractivity contribution >= 4 is 27.3 Å². The molecular formula is C11H17BrN2OS. The van der Waals surface area contributed by atoms with Crippen LogP contribution in [0.4, 0.5) is 0 Å². The number of ether oxygens (including phenoxy) is 1. The van der Waals surface area contributed by atoms with Crippen molar-refractivity contribution in [2.75, 3.05) is 33.8 Å². The molecule has 90 valence electrons. The topological polar surface area (TPSA) is 24.5 Å². The Labute approximate surface area is 109 Å². The van der Waals surface area contributed by atoms with Crippen LogP contribution in [0, 0.1) is 0 Å². The fourth-order valence-electron chi connectivity index (χ4n) is 2.12. The van der Waals surface area contributed by atoms with Gasteiger partial charge in [-0.05, 0) is 41.5 Å². The number of nitrogens with zero attached hydrogens (tertiary/aromatic N) is 1. The van der Waals surface area contributed by atoms with Gasteiger partial charge in [0.15, 0.2) is 0 Å².